The first-order valence-electron chi connectivity index (χ1n) is 14.6. The third-order valence-electron chi connectivity index (χ3n) is 4.11. The first-order chi connectivity index (χ1) is 21.2. The number of hydrogen-bond acceptors (Lipinski definition) is 8. The van der Waals surface area contributed by atoms with Gasteiger partial charge in [-0.25, -0.2) is 21.6 Å². The molecule has 0 unspecified atom stereocenters. The maximum atomic E-state index is 10.6. The highest BCUT2D eigenvalue weighted by molar-refractivity contribution is 7.94. The van der Waals surface area contributed by atoms with Crippen LogP contribution in [0.1, 0.15) is 83.1 Å². The van der Waals surface area contributed by atoms with Gasteiger partial charge in [0.2, 0.25) is 21.7 Å². The van der Waals surface area contributed by atoms with Crippen LogP contribution in [0.4, 0.5) is 0 Å². The highest BCUT2D eigenvalue weighted by atomic mass is 32.2. The second-order valence-corrected chi connectivity index (χ2v) is 15.0. The number of nitrogens with one attached hydrogen (secondary N) is 3. The number of sulfone groups is 1. The molecule has 0 aliphatic carbocycles. The Kier molecular flexibility index (Phi) is 38.1. The van der Waals surface area contributed by atoms with Crippen LogP contribution in [0.25, 0.3) is 0 Å². The first kappa shape index (κ1) is 55.6. The van der Waals surface area contributed by atoms with Crippen molar-refractivity contribution < 1.29 is 36.0 Å². The summed E-state index contributed by atoms with van der Waals surface area (Å²) in [4.78, 5) is 41.3. The average Bonchev–Trinajstić information content (AvgIpc) is 2.96. The van der Waals surface area contributed by atoms with E-state index in [4.69, 9.17) is 12.8 Å². The SMILES string of the molecule is C#CC(=O)C(C)C.C#CC(=O)NC(C)C.C=CC(=O)C(C)C.C=CC(=O)NC(C)C.C=CS(=O)(=O)C(C)C.C=CS(=O)(=O)NC(C)C. The molecule has 11 nitrogen and oxygen atoms in total. The lowest BCUT2D eigenvalue weighted by atomic mass is 10.1. The van der Waals surface area contributed by atoms with Crippen molar-refractivity contribution in [3.63, 3.8) is 0 Å². The smallest absolute Gasteiger partial charge is 0.295 e. The van der Waals surface area contributed by atoms with Crippen molar-refractivity contribution in [2.75, 3.05) is 0 Å². The molecule has 0 spiro atoms. The lowest BCUT2D eigenvalue weighted by Crippen LogP contribution is -2.28. The third-order valence-corrected chi connectivity index (χ3v) is 7.13. The Morgan fingerprint density at radius 3 is 1.11 bits per heavy atom. The number of allylic oxidation sites excluding steroid dienone is 1. The van der Waals surface area contributed by atoms with Gasteiger partial charge in [0.15, 0.2) is 15.6 Å². The van der Waals surface area contributed by atoms with Gasteiger partial charge in [-0.2, -0.15) is 0 Å². The van der Waals surface area contributed by atoms with Crippen molar-refractivity contribution in [1.29, 1.82) is 0 Å². The summed E-state index contributed by atoms with van der Waals surface area (Å²) in [6.07, 6.45) is 12.1. The van der Waals surface area contributed by atoms with Crippen LogP contribution in [0.5, 0.6) is 0 Å². The van der Waals surface area contributed by atoms with E-state index in [0.29, 0.717) is 0 Å². The summed E-state index contributed by atoms with van der Waals surface area (Å²) in [6, 6.07) is 0.284. The summed E-state index contributed by atoms with van der Waals surface area (Å²) in [6.45, 7) is 34.5. The Morgan fingerprint density at radius 1 is 0.617 bits per heavy atom. The number of sulfonamides is 1. The van der Waals surface area contributed by atoms with Crippen LogP contribution in [0, 0.1) is 36.5 Å². The zero-order valence-corrected chi connectivity index (χ0v) is 32.0. The minimum atomic E-state index is -3.20. The van der Waals surface area contributed by atoms with Crippen LogP contribution >= 0.6 is 0 Å². The molecule has 0 aromatic carbocycles. The Hall–Kier alpha value is -3.78. The quantitative estimate of drug-likeness (QED) is 0.161. The Balaban J connectivity index is -0.000000108. The normalized spacial score (nSPS) is 9.79. The summed E-state index contributed by atoms with van der Waals surface area (Å²) < 4.78 is 44.6. The van der Waals surface area contributed by atoms with Crippen LogP contribution in [0.2, 0.25) is 0 Å². The molecule has 13 heteroatoms. The summed E-state index contributed by atoms with van der Waals surface area (Å²) >= 11 is 0. The van der Waals surface area contributed by atoms with Crippen molar-refractivity contribution in [3.8, 4) is 24.7 Å². The molecule has 0 aromatic heterocycles. The highest BCUT2D eigenvalue weighted by Gasteiger charge is 2.09. The van der Waals surface area contributed by atoms with E-state index in [1.54, 1.807) is 41.5 Å². The van der Waals surface area contributed by atoms with Gasteiger partial charge in [-0.15, -0.1) is 12.8 Å². The van der Waals surface area contributed by atoms with Crippen LogP contribution in [-0.4, -0.2) is 63.6 Å². The molecule has 0 radical (unpaired) electrons. The van der Waals surface area contributed by atoms with Gasteiger partial charge in [0, 0.05) is 40.8 Å². The van der Waals surface area contributed by atoms with Crippen molar-refractivity contribution in [1.82, 2.24) is 15.4 Å². The molecule has 270 valence electrons. The average molecular weight is 702 g/mol. The molecule has 2 amide bonds. The van der Waals surface area contributed by atoms with Gasteiger partial charge in [0.05, 0.1) is 5.25 Å². The molecule has 0 fully saturated rings. The van der Waals surface area contributed by atoms with Gasteiger partial charge in [0.1, 0.15) is 0 Å². The second-order valence-electron chi connectivity index (χ2n) is 10.9. The minimum Gasteiger partial charge on any atom is -0.350 e. The molecule has 0 saturated heterocycles. The number of ketones is 2. The maximum Gasteiger partial charge on any atom is 0.295 e. The maximum absolute atomic E-state index is 10.6. The summed E-state index contributed by atoms with van der Waals surface area (Å²) in [7, 11) is -6.18. The number of amides is 2. The van der Waals surface area contributed by atoms with Gasteiger partial charge in [-0.1, -0.05) is 54.0 Å². The summed E-state index contributed by atoms with van der Waals surface area (Å²) in [5.74, 6) is 3.60. The summed E-state index contributed by atoms with van der Waals surface area (Å²) in [5, 5.41) is 6.70. The lowest BCUT2D eigenvalue weighted by molar-refractivity contribution is -0.117. The number of rotatable bonds is 11. The number of terminal acetylenes is 2. The van der Waals surface area contributed by atoms with Gasteiger partial charge in [-0.05, 0) is 79.4 Å². The molecule has 0 heterocycles. The van der Waals surface area contributed by atoms with Gasteiger partial charge in [-0.3, -0.25) is 19.2 Å². The van der Waals surface area contributed by atoms with Gasteiger partial charge >= 0.3 is 0 Å². The predicted molar refractivity (Wildman–Crippen MR) is 196 cm³/mol. The molecule has 47 heavy (non-hydrogen) atoms. The molecule has 0 aromatic rings. The number of carbonyl (C=O) groups excluding carboxylic acids is 4. The van der Waals surface area contributed by atoms with Gasteiger partial charge in [0.25, 0.3) is 5.91 Å². The topological polar surface area (TPSA) is 173 Å². The fourth-order valence-electron chi connectivity index (χ4n) is 1.62. The van der Waals surface area contributed by atoms with Crippen molar-refractivity contribution in [2.24, 2.45) is 11.8 Å². The third kappa shape index (κ3) is 49.3. The number of carbonyl (C=O) groups is 4. The minimum absolute atomic E-state index is 0.00926. The standard InChI is InChI=1S/C6H11NO.C6H9NO.C6H10O.C6H8O.C5H11NO2S.C5H10O2S/c2*1-4-6(8)7-5(2)3;2*1-4-6(7)5(2)3;1-4-9(7,8)6-5(2)3;1-4-8(6,7)5(2)3/h4-5H,1H2,2-3H3,(H,7,8);1,5H,2-3H3,(H,7,8);4-5H,1H2,2-3H3;1,5H,2-3H3;4-6H,1H2,2-3H3;4-5H,1H2,2-3H3. The monoisotopic (exact) mass is 701 g/mol. The Bertz CT molecular complexity index is 1260. The summed E-state index contributed by atoms with van der Waals surface area (Å²) in [5.41, 5.74) is 0. The second kappa shape index (κ2) is 32.2. The van der Waals surface area contributed by atoms with Crippen molar-refractivity contribution in [2.45, 2.75) is 106 Å². The predicted octanol–water partition coefficient (Wildman–Crippen LogP) is 4.49. The highest BCUT2D eigenvalue weighted by Crippen LogP contribution is 1.99. The Morgan fingerprint density at radius 2 is 1.04 bits per heavy atom. The molecule has 0 rings (SSSR count). The molecule has 0 bridgehead atoms. The van der Waals surface area contributed by atoms with E-state index in [1.807, 2.05) is 53.4 Å². The van der Waals surface area contributed by atoms with Crippen LogP contribution in [-0.2, 0) is 39.0 Å². The first-order valence-corrected chi connectivity index (χ1v) is 17.7. The van der Waals surface area contributed by atoms with Crippen LogP contribution in [0.3, 0.4) is 0 Å². The molecule has 0 aliphatic rings. The lowest BCUT2D eigenvalue weighted by Gasteiger charge is -2.03. The van der Waals surface area contributed by atoms with E-state index in [-0.39, 0.29) is 58.6 Å². The molecule has 0 saturated carbocycles. The molecule has 3 N–H and O–H groups in total. The molecule has 0 atom stereocenters. The van der Waals surface area contributed by atoms with Crippen molar-refractivity contribution >= 4 is 43.2 Å². The molecular formula is C34H59N3O8S2. The number of Topliss-reactive ketones (excluding diaryl/α,β-unsaturated/α-hetero) is 1. The van der Waals surface area contributed by atoms with E-state index in [1.165, 1.54) is 12.2 Å². The fraction of sp³-hybridized carbons (Fsp3) is 0.529. The van der Waals surface area contributed by atoms with E-state index in [9.17, 15) is 36.0 Å². The van der Waals surface area contributed by atoms with E-state index >= 15 is 0 Å². The molecular weight excluding hydrogens is 643 g/mol. The zero-order valence-electron chi connectivity index (χ0n) is 30.3. The van der Waals surface area contributed by atoms with Crippen LogP contribution < -0.4 is 15.4 Å². The number of hydrogen-bond donors (Lipinski definition) is 3. The van der Waals surface area contributed by atoms with E-state index in [0.717, 1.165) is 10.8 Å². The zero-order chi connectivity index (χ0) is 39.1. The Labute approximate surface area is 286 Å². The van der Waals surface area contributed by atoms with Gasteiger partial charge < -0.3 is 10.6 Å². The molecule has 0 aliphatic heterocycles. The van der Waals surface area contributed by atoms with Crippen LogP contribution in [0.15, 0.2) is 49.3 Å². The van der Waals surface area contributed by atoms with E-state index < -0.39 is 19.9 Å². The van der Waals surface area contributed by atoms with E-state index in [2.05, 4.69) is 41.7 Å². The largest absolute Gasteiger partial charge is 0.350 e. The fourth-order valence-corrected chi connectivity index (χ4v) is 2.76. The van der Waals surface area contributed by atoms with Crippen molar-refractivity contribution in [3.05, 3.63) is 49.3 Å².